The molecule has 0 radical (unpaired) electrons. The van der Waals surface area contributed by atoms with Crippen molar-refractivity contribution in [1.82, 2.24) is 15.1 Å². The second kappa shape index (κ2) is 9.35. The van der Waals surface area contributed by atoms with E-state index in [0.29, 0.717) is 19.0 Å². The molecule has 0 aromatic heterocycles. The van der Waals surface area contributed by atoms with E-state index in [0.717, 1.165) is 15.6 Å². The quantitative estimate of drug-likeness (QED) is 0.468. The molecule has 5 nitrogen and oxygen atoms in total. The van der Waals surface area contributed by atoms with Crippen molar-refractivity contribution in [2.24, 2.45) is 4.99 Å². The highest BCUT2D eigenvalue weighted by atomic mass is 79.9. The van der Waals surface area contributed by atoms with E-state index < -0.39 is 0 Å². The Morgan fingerprint density at radius 3 is 2.39 bits per heavy atom. The molecule has 0 bridgehead atoms. The predicted molar refractivity (Wildman–Crippen MR) is 99.4 cm³/mol. The third-order valence-corrected chi connectivity index (χ3v) is 3.62. The van der Waals surface area contributed by atoms with Gasteiger partial charge in [0.15, 0.2) is 5.96 Å². The normalized spacial score (nSPS) is 11.1. The lowest BCUT2D eigenvalue weighted by Gasteiger charge is -2.23. The second-order valence-electron chi connectivity index (χ2n) is 5.72. The molecule has 1 aromatic rings. The summed E-state index contributed by atoms with van der Waals surface area (Å²) in [5, 5.41) is 3.12. The van der Waals surface area contributed by atoms with Gasteiger partial charge in [0, 0.05) is 32.2 Å². The molecule has 1 aromatic carbocycles. The smallest absolute Gasteiger partial charge is 0.241 e. The maximum Gasteiger partial charge on any atom is 0.241 e. The van der Waals surface area contributed by atoms with Crippen LogP contribution >= 0.6 is 15.9 Å². The van der Waals surface area contributed by atoms with Crippen LogP contribution in [0.3, 0.4) is 0 Å². The molecule has 126 valence electrons. The van der Waals surface area contributed by atoms with Gasteiger partial charge in [0.25, 0.3) is 0 Å². The highest BCUT2D eigenvalue weighted by molar-refractivity contribution is 9.10. The highest BCUT2D eigenvalue weighted by Crippen LogP contribution is 2.11. The highest BCUT2D eigenvalue weighted by Gasteiger charge is 2.10. The average Bonchev–Trinajstić information content (AvgIpc) is 2.47. The third kappa shape index (κ3) is 7.32. The summed E-state index contributed by atoms with van der Waals surface area (Å²) >= 11 is 3.42. The molecule has 1 N–H and O–H groups in total. The fourth-order valence-corrected chi connectivity index (χ4v) is 2.12. The number of nitrogens with one attached hydrogen (secondary N) is 1. The van der Waals surface area contributed by atoms with Crippen molar-refractivity contribution in [3.05, 3.63) is 46.5 Å². The van der Waals surface area contributed by atoms with Crippen molar-refractivity contribution < 1.29 is 4.79 Å². The minimum atomic E-state index is 0.00469. The summed E-state index contributed by atoms with van der Waals surface area (Å²) < 4.78 is 1.04. The first-order valence-electron chi connectivity index (χ1n) is 7.38. The number of guanidine groups is 1. The molecule has 1 rings (SSSR count). The molecule has 0 aliphatic heterocycles. The number of carbonyl (C=O) groups excluding carboxylic acids is 1. The van der Waals surface area contributed by atoms with Crippen molar-refractivity contribution >= 4 is 27.8 Å². The van der Waals surface area contributed by atoms with Crippen LogP contribution in [0.5, 0.6) is 0 Å². The van der Waals surface area contributed by atoms with Crippen LogP contribution in [0.15, 0.2) is 45.9 Å². The van der Waals surface area contributed by atoms with E-state index >= 15 is 0 Å². The van der Waals surface area contributed by atoms with Crippen LogP contribution in [0, 0.1) is 0 Å². The number of aliphatic imine (C=N–C) groups is 1. The standard InChI is InChI=1S/C17H25BrN4O/c1-13(2)12-22(5)17(20-11-16(23)21(3)4)19-10-14-6-8-15(18)9-7-14/h6-9H,1,10-12H2,2-5H3,(H,19,20). The van der Waals surface area contributed by atoms with Crippen LogP contribution in [-0.2, 0) is 11.3 Å². The van der Waals surface area contributed by atoms with E-state index in [1.54, 1.807) is 19.0 Å². The molecule has 0 heterocycles. The number of hydrogen-bond acceptors (Lipinski definition) is 2. The van der Waals surface area contributed by atoms with Crippen molar-refractivity contribution in [3.63, 3.8) is 0 Å². The number of benzene rings is 1. The topological polar surface area (TPSA) is 47.9 Å². The number of likely N-dealkylation sites (N-methyl/N-ethyl adjacent to an activating group) is 2. The van der Waals surface area contributed by atoms with E-state index in [4.69, 9.17) is 0 Å². The van der Waals surface area contributed by atoms with Crippen LogP contribution in [-0.4, -0.2) is 55.9 Å². The molecule has 0 saturated carbocycles. The van der Waals surface area contributed by atoms with Gasteiger partial charge < -0.3 is 15.1 Å². The summed E-state index contributed by atoms with van der Waals surface area (Å²) in [5.74, 6) is 0.691. The summed E-state index contributed by atoms with van der Waals surface area (Å²) in [6.45, 7) is 7.34. The summed E-state index contributed by atoms with van der Waals surface area (Å²) in [6, 6.07) is 8.03. The van der Waals surface area contributed by atoms with E-state index in [-0.39, 0.29) is 12.5 Å². The fraction of sp³-hybridized carbons (Fsp3) is 0.412. The van der Waals surface area contributed by atoms with Gasteiger partial charge in [0.2, 0.25) is 5.91 Å². The summed E-state index contributed by atoms with van der Waals surface area (Å²) in [7, 11) is 5.41. The van der Waals surface area contributed by atoms with Gasteiger partial charge in [-0.3, -0.25) is 4.79 Å². The maximum absolute atomic E-state index is 11.8. The van der Waals surface area contributed by atoms with Gasteiger partial charge in [-0.15, -0.1) is 0 Å². The lowest BCUT2D eigenvalue weighted by molar-refractivity contribution is -0.127. The Hall–Kier alpha value is -1.82. The molecule has 23 heavy (non-hydrogen) atoms. The Labute approximate surface area is 147 Å². The first-order valence-corrected chi connectivity index (χ1v) is 8.17. The molecular weight excluding hydrogens is 356 g/mol. The van der Waals surface area contributed by atoms with Crippen molar-refractivity contribution in [3.8, 4) is 0 Å². The maximum atomic E-state index is 11.8. The Balaban J connectivity index is 2.79. The van der Waals surface area contributed by atoms with Gasteiger partial charge in [0.1, 0.15) is 0 Å². The predicted octanol–water partition coefficient (Wildman–Crippen LogP) is 2.49. The van der Waals surface area contributed by atoms with Crippen molar-refractivity contribution in [1.29, 1.82) is 0 Å². The number of halogens is 1. The Bertz CT molecular complexity index is 566. The average molecular weight is 381 g/mol. The molecule has 0 atom stereocenters. The summed E-state index contributed by atoms with van der Waals surface area (Å²) in [5.41, 5.74) is 2.14. The van der Waals surface area contributed by atoms with Gasteiger partial charge in [0.05, 0.1) is 13.1 Å². The largest absolute Gasteiger partial charge is 0.347 e. The second-order valence-corrected chi connectivity index (χ2v) is 6.64. The molecule has 0 aliphatic rings. The van der Waals surface area contributed by atoms with Gasteiger partial charge >= 0.3 is 0 Å². The molecule has 0 fully saturated rings. The molecule has 0 unspecified atom stereocenters. The van der Waals surface area contributed by atoms with Crippen LogP contribution in [0.25, 0.3) is 0 Å². The molecule has 1 amide bonds. The summed E-state index contributed by atoms with van der Waals surface area (Å²) in [4.78, 5) is 19.9. The monoisotopic (exact) mass is 380 g/mol. The van der Waals surface area contributed by atoms with Gasteiger partial charge in [-0.1, -0.05) is 40.2 Å². The fourth-order valence-electron chi connectivity index (χ4n) is 1.86. The number of hydrogen-bond donors (Lipinski definition) is 1. The minimum Gasteiger partial charge on any atom is -0.347 e. The SMILES string of the molecule is C=C(C)CN(C)C(=NCc1ccc(Br)cc1)NCC(=O)N(C)C. The van der Waals surface area contributed by atoms with Crippen molar-refractivity contribution in [2.45, 2.75) is 13.5 Å². The zero-order valence-corrected chi connectivity index (χ0v) is 15.9. The van der Waals surface area contributed by atoms with E-state index in [9.17, 15) is 4.79 Å². The van der Waals surface area contributed by atoms with Gasteiger partial charge in [-0.2, -0.15) is 0 Å². The molecule has 6 heteroatoms. The first-order chi connectivity index (χ1) is 10.8. The number of carbonyl (C=O) groups is 1. The zero-order chi connectivity index (χ0) is 17.4. The first kappa shape index (κ1) is 19.2. The summed E-state index contributed by atoms with van der Waals surface area (Å²) in [6.07, 6.45) is 0. The van der Waals surface area contributed by atoms with E-state index in [2.05, 4.69) is 32.8 Å². The number of amides is 1. The van der Waals surface area contributed by atoms with E-state index in [1.165, 1.54) is 0 Å². The lowest BCUT2D eigenvalue weighted by atomic mass is 10.2. The lowest BCUT2D eigenvalue weighted by Crippen LogP contribution is -2.44. The van der Waals surface area contributed by atoms with E-state index in [1.807, 2.05) is 43.1 Å². The Morgan fingerprint density at radius 2 is 1.87 bits per heavy atom. The van der Waals surface area contributed by atoms with Gasteiger partial charge in [-0.05, 0) is 24.6 Å². The molecule has 0 saturated heterocycles. The van der Waals surface area contributed by atoms with Crippen LogP contribution in [0.1, 0.15) is 12.5 Å². The molecular formula is C17H25BrN4O. The van der Waals surface area contributed by atoms with Gasteiger partial charge in [-0.25, -0.2) is 4.99 Å². The Morgan fingerprint density at radius 1 is 1.26 bits per heavy atom. The molecule has 0 spiro atoms. The van der Waals surface area contributed by atoms with Crippen LogP contribution in [0.2, 0.25) is 0 Å². The minimum absolute atomic E-state index is 0.00469. The zero-order valence-electron chi connectivity index (χ0n) is 14.3. The Kier molecular flexibility index (Phi) is 7.81. The molecule has 0 aliphatic carbocycles. The third-order valence-electron chi connectivity index (χ3n) is 3.09. The van der Waals surface area contributed by atoms with Crippen LogP contribution in [0.4, 0.5) is 0 Å². The van der Waals surface area contributed by atoms with Crippen LogP contribution < -0.4 is 5.32 Å². The number of rotatable bonds is 6. The van der Waals surface area contributed by atoms with Crippen molar-refractivity contribution in [2.75, 3.05) is 34.2 Å². The number of nitrogens with zero attached hydrogens (tertiary/aromatic N) is 3.